The van der Waals surface area contributed by atoms with E-state index in [0.29, 0.717) is 12.0 Å². The zero-order valence-electron chi connectivity index (χ0n) is 13.7. The number of rotatable bonds is 5. The summed E-state index contributed by atoms with van der Waals surface area (Å²) in [6.07, 6.45) is 7.32. The molecule has 0 fully saturated rings. The Morgan fingerprint density at radius 3 is 2.83 bits per heavy atom. The van der Waals surface area contributed by atoms with Crippen molar-refractivity contribution in [2.24, 2.45) is 0 Å². The molecule has 0 N–H and O–H groups in total. The van der Waals surface area contributed by atoms with E-state index in [2.05, 4.69) is 9.97 Å². The van der Waals surface area contributed by atoms with Crippen LogP contribution in [0.2, 0.25) is 0 Å². The molecule has 1 amide bonds. The molecule has 0 aliphatic heterocycles. The second kappa shape index (κ2) is 7.08. The fourth-order valence-electron chi connectivity index (χ4n) is 2.53. The second-order valence-electron chi connectivity index (χ2n) is 5.72. The molecule has 5 heteroatoms. The van der Waals surface area contributed by atoms with Gasteiger partial charge in [-0.3, -0.25) is 14.8 Å². The molecule has 3 rings (SSSR count). The van der Waals surface area contributed by atoms with Crippen molar-refractivity contribution in [2.45, 2.75) is 19.4 Å². The van der Waals surface area contributed by atoms with Gasteiger partial charge < -0.3 is 9.32 Å². The van der Waals surface area contributed by atoms with Gasteiger partial charge in [0.05, 0.1) is 12.0 Å². The maximum atomic E-state index is 12.8. The third-order valence-electron chi connectivity index (χ3n) is 4.02. The van der Waals surface area contributed by atoms with Gasteiger partial charge in [0.2, 0.25) is 0 Å². The molecule has 1 atom stereocenters. The van der Waals surface area contributed by atoms with Crippen molar-refractivity contribution in [3.63, 3.8) is 0 Å². The number of amides is 1. The molecule has 122 valence electrons. The maximum Gasteiger partial charge on any atom is 0.253 e. The molecule has 5 nitrogen and oxygen atoms in total. The summed E-state index contributed by atoms with van der Waals surface area (Å²) in [4.78, 5) is 22.8. The Morgan fingerprint density at radius 1 is 1.25 bits per heavy atom. The van der Waals surface area contributed by atoms with Crippen LogP contribution in [0.5, 0.6) is 0 Å². The van der Waals surface area contributed by atoms with E-state index in [0.717, 1.165) is 17.0 Å². The molecule has 0 aliphatic rings. The minimum absolute atomic E-state index is 0.0152. The Kier molecular flexibility index (Phi) is 4.70. The van der Waals surface area contributed by atoms with Crippen molar-refractivity contribution < 1.29 is 9.21 Å². The zero-order chi connectivity index (χ0) is 16.9. The summed E-state index contributed by atoms with van der Waals surface area (Å²) in [5.74, 6) is 0.722. The van der Waals surface area contributed by atoms with E-state index in [9.17, 15) is 4.79 Å². The number of hydrogen-bond donors (Lipinski definition) is 0. The molecule has 0 bridgehead atoms. The summed E-state index contributed by atoms with van der Waals surface area (Å²) >= 11 is 0. The molecule has 0 unspecified atom stereocenters. The van der Waals surface area contributed by atoms with Gasteiger partial charge in [0.1, 0.15) is 5.76 Å². The number of hydrogen-bond acceptors (Lipinski definition) is 4. The summed E-state index contributed by atoms with van der Waals surface area (Å²) in [7, 11) is 1.81. The van der Waals surface area contributed by atoms with Gasteiger partial charge >= 0.3 is 0 Å². The van der Waals surface area contributed by atoms with Crippen molar-refractivity contribution in [3.05, 3.63) is 72.5 Å². The molecule has 2 aromatic heterocycles. The van der Waals surface area contributed by atoms with Crippen LogP contribution in [0, 0.1) is 0 Å². The average molecular weight is 321 g/mol. The van der Waals surface area contributed by atoms with Crippen LogP contribution in [0.25, 0.3) is 11.3 Å². The molecule has 0 spiro atoms. The number of benzene rings is 1. The summed E-state index contributed by atoms with van der Waals surface area (Å²) < 4.78 is 5.40. The van der Waals surface area contributed by atoms with Gasteiger partial charge in [-0.05, 0) is 31.2 Å². The van der Waals surface area contributed by atoms with Crippen LogP contribution < -0.4 is 0 Å². The lowest BCUT2D eigenvalue weighted by Gasteiger charge is -2.25. The van der Waals surface area contributed by atoms with Gasteiger partial charge in [-0.15, -0.1) is 0 Å². The van der Waals surface area contributed by atoms with Crippen LogP contribution in [0.1, 0.15) is 23.0 Å². The van der Waals surface area contributed by atoms with Gasteiger partial charge in [0.15, 0.2) is 0 Å². The quantitative estimate of drug-likeness (QED) is 0.722. The molecule has 24 heavy (non-hydrogen) atoms. The Bertz CT molecular complexity index is 800. The molecule has 0 aliphatic carbocycles. The van der Waals surface area contributed by atoms with Crippen molar-refractivity contribution in [2.75, 3.05) is 7.05 Å². The highest BCUT2D eigenvalue weighted by molar-refractivity contribution is 5.95. The van der Waals surface area contributed by atoms with Crippen LogP contribution >= 0.6 is 0 Å². The summed E-state index contributed by atoms with van der Waals surface area (Å²) in [5.41, 5.74) is 2.40. The number of furan rings is 1. The van der Waals surface area contributed by atoms with Crippen molar-refractivity contribution in [1.82, 2.24) is 14.9 Å². The molecular formula is C19H19N3O2. The highest BCUT2D eigenvalue weighted by atomic mass is 16.3. The highest BCUT2D eigenvalue weighted by Crippen LogP contribution is 2.21. The van der Waals surface area contributed by atoms with E-state index in [1.165, 1.54) is 0 Å². The third kappa shape index (κ3) is 3.51. The first-order chi connectivity index (χ1) is 11.6. The van der Waals surface area contributed by atoms with Gasteiger partial charge in [0.25, 0.3) is 5.91 Å². The lowest BCUT2D eigenvalue weighted by atomic mass is 10.1. The zero-order valence-corrected chi connectivity index (χ0v) is 13.7. The van der Waals surface area contributed by atoms with Gasteiger partial charge in [-0.2, -0.15) is 0 Å². The molecule has 0 saturated carbocycles. The van der Waals surface area contributed by atoms with Crippen LogP contribution in [0.15, 0.2) is 65.7 Å². The molecule has 1 aromatic carbocycles. The van der Waals surface area contributed by atoms with Crippen LogP contribution in [-0.4, -0.2) is 33.9 Å². The Labute approximate surface area is 141 Å². The van der Waals surface area contributed by atoms with Gasteiger partial charge in [0, 0.05) is 49.2 Å². The Morgan fingerprint density at radius 2 is 2.12 bits per heavy atom. The van der Waals surface area contributed by atoms with Crippen LogP contribution in [0.3, 0.4) is 0 Å². The smallest absolute Gasteiger partial charge is 0.253 e. The molecule has 2 heterocycles. The van der Waals surface area contributed by atoms with E-state index in [1.807, 2.05) is 50.4 Å². The fourth-order valence-corrected chi connectivity index (χ4v) is 2.53. The van der Waals surface area contributed by atoms with E-state index in [4.69, 9.17) is 4.42 Å². The topological polar surface area (TPSA) is 59.2 Å². The number of aromatic nitrogens is 2. The van der Waals surface area contributed by atoms with E-state index >= 15 is 0 Å². The first kappa shape index (κ1) is 15.9. The van der Waals surface area contributed by atoms with Crippen molar-refractivity contribution in [3.8, 4) is 11.3 Å². The third-order valence-corrected chi connectivity index (χ3v) is 4.02. The van der Waals surface area contributed by atoms with E-state index < -0.39 is 0 Å². The van der Waals surface area contributed by atoms with Crippen molar-refractivity contribution >= 4 is 5.91 Å². The monoisotopic (exact) mass is 321 g/mol. The first-order valence-electron chi connectivity index (χ1n) is 7.81. The van der Waals surface area contributed by atoms with Crippen LogP contribution in [0.4, 0.5) is 0 Å². The molecular weight excluding hydrogens is 302 g/mol. The number of carbonyl (C=O) groups is 1. The maximum absolute atomic E-state index is 12.8. The summed E-state index contributed by atoms with van der Waals surface area (Å²) in [6.45, 7) is 2.00. The number of likely N-dealkylation sites (N-methyl/N-ethyl adjacent to an activating group) is 1. The standard InChI is InChI=1S/C19H19N3O2/c1-14(11-17-13-20-8-9-21-17)22(2)19(23)16-6-3-5-15(12-16)18-7-4-10-24-18/h3-10,12-14H,11H2,1-2H3/t14-/m0/s1. The van der Waals surface area contributed by atoms with E-state index in [-0.39, 0.29) is 11.9 Å². The average Bonchev–Trinajstić information content (AvgIpc) is 3.16. The minimum Gasteiger partial charge on any atom is -0.464 e. The number of carbonyl (C=O) groups excluding carboxylic acids is 1. The first-order valence-corrected chi connectivity index (χ1v) is 7.81. The van der Waals surface area contributed by atoms with Crippen LogP contribution in [-0.2, 0) is 6.42 Å². The van der Waals surface area contributed by atoms with Gasteiger partial charge in [-0.1, -0.05) is 12.1 Å². The summed E-state index contributed by atoms with van der Waals surface area (Å²) in [6, 6.07) is 11.2. The predicted octanol–water partition coefficient (Wildman–Crippen LogP) is 3.44. The predicted molar refractivity (Wildman–Crippen MR) is 91.4 cm³/mol. The highest BCUT2D eigenvalue weighted by Gasteiger charge is 2.19. The molecule has 3 aromatic rings. The lowest BCUT2D eigenvalue weighted by Crippen LogP contribution is -2.36. The lowest BCUT2D eigenvalue weighted by molar-refractivity contribution is 0.0743. The summed E-state index contributed by atoms with van der Waals surface area (Å²) in [5, 5.41) is 0. The van der Waals surface area contributed by atoms with E-state index in [1.54, 1.807) is 29.8 Å². The number of nitrogens with zero attached hydrogens (tertiary/aromatic N) is 3. The largest absolute Gasteiger partial charge is 0.464 e. The SMILES string of the molecule is C[C@@H](Cc1cnccn1)N(C)C(=O)c1cccc(-c2ccco2)c1. The molecule has 0 saturated heterocycles. The molecule has 0 radical (unpaired) electrons. The second-order valence-corrected chi connectivity index (χ2v) is 5.72. The van der Waals surface area contributed by atoms with Gasteiger partial charge in [-0.25, -0.2) is 0 Å². The Balaban J connectivity index is 1.74. The van der Waals surface area contributed by atoms with Crippen molar-refractivity contribution in [1.29, 1.82) is 0 Å². The normalized spacial score (nSPS) is 11.9. The minimum atomic E-state index is -0.0280. The Hall–Kier alpha value is -2.95. The fraction of sp³-hybridized carbons (Fsp3) is 0.211.